The van der Waals surface area contributed by atoms with E-state index in [1.165, 1.54) is 12.1 Å². The van der Waals surface area contributed by atoms with Crippen LogP contribution < -0.4 is 10.6 Å². The van der Waals surface area contributed by atoms with E-state index in [0.29, 0.717) is 13.0 Å². The van der Waals surface area contributed by atoms with E-state index in [1.807, 2.05) is 24.3 Å². The van der Waals surface area contributed by atoms with E-state index < -0.39 is 11.8 Å². The van der Waals surface area contributed by atoms with Crippen LogP contribution in [0.25, 0.3) is 0 Å². The van der Waals surface area contributed by atoms with Crippen molar-refractivity contribution in [3.8, 4) is 6.07 Å². The largest absolute Gasteiger partial charge is 0.337 e. The van der Waals surface area contributed by atoms with Gasteiger partial charge in [0, 0.05) is 24.9 Å². The molecular weight excluding hydrogens is 271 g/mol. The highest BCUT2D eigenvalue weighted by Gasteiger charge is 2.07. The average Bonchev–Trinajstić information content (AvgIpc) is 2.50. The van der Waals surface area contributed by atoms with Crippen molar-refractivity contribution in [1.82, 2.24) is 10.3 Å². The van der Waals surface area contributed by atoms with E-state index >= 15 is 0 Å². The first-order valence-electron chi connectivity index (χ1n) is 6.33. The number of urea groups is 1. The van der Waals surface area contributed by atoms with Crippen LogP contribution in [0, 0.1) is 17.1 Å². The molecule has 5 nitrogen and oxygen atoms in total. The number of nitriles is 1. The Morgan fingerprint density at radius 3 is 2.90 bits per heavy atom. The third-order valence-electron chi connectivity index (χ3n) is 2.74. The smallest absolute Gasteiger partial charge is 0.319 e. The summed E-state index contributed by atoms with van der Waals surface area (Å²) in [6.07, 6.45) is 2.29. The topological polar surface area (TPSA) is 77.8 Å². The minimum atomic E-state index is -0.521. The average molecular weight is 284 g/mol. The molecule has 2 aromatic rings. The number of hydrogen-bond donors (Lipinski definition) is 2. The zero-order chi connectivity index (χ0) is 15.1. The highest BCUT2D eigenvalue weighted by molar-refractivity contribution is 5.90. The number of nitrogens with one attached hydrogen (secondary N) is 2. The maximum atomic E-state index is 13.0. The lowest BCUT2D eigenvalue weighted by molar-refractivity contribution is 0.252. The predicted molar refractivity (Wildman–Crippen MR) is 76.1 cm³/mol. The molecule has 1 aromatic heterocycles. The summed E-state index contributed by atoms with van der Waals surface area (Å²) in [5.41, 5.74) is 1.22. The molecule has 1 heterocycles. The summed E-state index contributed by atoms with van der Waals surface area (Å²) in [4.78, 5) is 15.9. The molecule has 2 rings (SSSR count). The Morgan fingerprint density at radius 2 is 2.19 bits per heavy atom. The first-order valence-corrected chi connectivity index (χ1v) is 6.33. The van der Waals surface area contributed by atoms with E-state index in [0.717, 1.165) is 11.8 Å². The number of halogens is 1. The Morgan fingerprint density at radius 1 is 1.33 bits per heavy atom. The van der Waals surface area contributed by atoms with Crippen molar-refractivity contribution in [3.05, 3.63) is 59.7 Å². The number of anilines is 1. The number of pyridine rings is 1. The number of benzene rings is 1. The van der Waals surface area contributed by atoms with Gasteiger partial charge in [-0.1, -0.05) is 6.07 Å². The Bertz CT molecular complexity index is 667. The molecule has 0 aliphatic carbocycles. The molecule has 0 aliphatic rings. The summed E-state index contributed by atoms with van der Waals surface area (Å²) < 4.78 is 13.0. The fourth-order valence-electron chi connectivity index (χ4n) is 1.73. The highest BCUT2D eigenvalue weighted by Crippen LogP contribution is 2.15. The van der Waals surface area contributed by atoms with E-state index in [-0.39, 0.29) is 11.3 Å². The molecule has 0 saturated heterocycles. The summed E-state index contributed by atoms with van der Waals surface area (Å²) in [7, 11) is 0. The number of amides is 2. The van der Waals surface area contributed by atoms with Gasteiger partial charge in [-0.2, -0.15) is 5.26 Å². The van der Waals surface area contributed by atoms with Gasteiger partial charge in [0.05, 0.1) is 11.3 Å². The molecule has 0 fully saturated rings. The van der Waals surface area contributed by atoms with Gasteiger partial charge in [-0.05, 0) is 30.3 Å². The van der Waals surface area contributed by atoms with Crippen LogP contribution in [0.3, 0.4) is 0 Å². The lowest BCUT2D eigenvalue weighted by atomic mass is 10.2. The van der Waals surface area contributed by atoms with Crippen LogP contribution in [-0.4, -0.2) is 17.6 Å². The number of nitrogens with zero attached hydrogens (tertiary/aromatic N) is 2. The predicted octanol–water partition coefficient (Wildman–Crippen LogP) is 2.46. The number of rotatable bonds is 4. The summed E-state index contributed by atoms with van der Waals surface area (Å²) in [5.74, 6) is -0.521. The van der Waals surface area contributed by atoms with Gasteiger partial charge in [0.25, 0.3) is 0 Å². The van der Waals surface area contributed by atoms with Crippen LogP contribution in [0.4, 0.5) is 14.9 Å². The standard InChI is InChI=1S/C15H13FN4O/c16-12-4-5-14(11(9-12)10-17)20-15(21)19-8-6-13-3-1-2-7-18-13/h1-5,7,9H,6,8H2,(H2,19,20,21). The Kier molecular flexibility index (Phi) is 4.83. The first kappa shape index (κ1) is 14.5. The molecular formula is C15H13FN4O. The van der Waals surface area contributed by atoms with E-state index in [2.05, 4.69) is 15.6 Å². The van der Waals surface area contributed by atoms with Crippen molar-refractivity contribution in [1.29, 1.82) is 5.26 Å². The number of hydrogen-bond acceptors (Lipinski definition) is 3. The molecule has 0 atom stereocenters. The first-order chi connectivity index (χ1) is 10.2. The summed E-state index contributed by atoms with van der Waals surface area (Å²) in [6.45, 7) is 0.409. The third kappa shape index (κ3) is 4.28. The monoisotopic (exact) mass is 284 g/mol. The van der Waals surface area contributed by atoms with Gasteiger partial charge in [-0.15, -0.1) is 0 Å². The van der Waals surface area contributed by atoms with E-state index in [4.69, 9.17) is 5.26 Å². The molecule has 2 N–H and O–H groups in total. The molecule has 0 saturated carbocycles. The van der Waals surface area contributed by atoms with Crippen LogP contribution in [-0.2, 0) is 6.42 Å². The zero-order valence-electron chi connectivity index (χ0n) is 11.1. The molecule has 0 radical (unpaired) electrons. The summed E-state index contributed by atoms with van der Waals surface area (Å²) >= 11 is 0. The number of carbonyl (C=O) groups is 1. The van der Waals surface area contributed by atoms with Crippen LogP contribution in [0.5, 0.6) is 0 Å². The Hall–Kier alpha value is -2.94. The third-order valence-corrected chi connectivity index (χ3v) is 2.74. The second kappa shape index (κ2) is 7.01. The van der Waals surface area contributed by atoms with E-state index in [9.17, 15) is 9.18 Å². The maximum absolute atomic E-state index is 13.0. The second-order valence-electron chi connectivity index (χ2n) is 4.25. The molecule has 0 unspecified atom stereocenters. The van der Waals surface area contributed by atoms with Crippen molar-refractivity contribution in [2.75, 3.05) is 11.9 Å². The van der Waals surface area contributed by atoms with Gasteiger partial charge >= 0.3 is 6.03 Å². The van der Waals surface area contributed by atoms with Crippen molar-refractivity contribution in [2.24, 2.45) is 0 Å². The Balaban J connectivity index is 1.86. The normalized spacial score (nSPS) is 9.71. The quantitative estimate of drug-likeness (QED) is 0.905. The van der Waals surface area contributed by atoms with Gasteiger partial charge in [-0.3, -0.25) is 4.98 Å². The van der Waals surface area contributed by atoms with Crippen molar-refractivity contribution in [2.45, 2.75) is 6.42 Å². The fourth-order valence-corrected chi connectivity index (χ4v) is 1.73. The lowest BCUT2D eigenvalue weighted by Crippen LogP contribution is -2.30. The minimum Gasteiger partial charge on any atom is -0.337 e. The number of carbonyl (C=O) groups excluding carboxylic acids is 1. The van der Waals surface area contributed by atoms with E-state index in [1.54, 1.807) is 6.20 Å². The molecule has 0 bridgehead atoms. The van der Waals surface area contributed by atoms with Crippen LogP contribution in [0.15, 0.2) is 42.6 Å². The molecule has 1 aromatic carbocycles. The van der Waals surface area contributed by atoms with Crippen molar-refractivity contribution in [3.63, 3.8) is 0 Å². The highest BCUT2D eigenvalue weighted by atomic mass is 19.1. The van der Waals surface area contributed by atoms with Crippen LogP contribution in [0.2, 0.25) is 0 Å². The maximum Gasteiger partial charge on any atom is 0.319 e. The fraction of sp³-hybridized carbons (Fsp3) is 0.133. The summed E-state index contributed by atoms with van der Waals surface area (Å²) in [5, 5.41) is 14.1. The number of aromatic nitrogens is 1. The van der Waals surface area contributed by atoms with Crippen molar-refractivity contribution < 1.29 is 9.18 Å². The zero-order valence-corrected chi connectivity index (χ0v) is 11.1. The van der Waals surface area contributed by atoms with Crippen molar-refractivity contribution >= 4 is 11.7 Å². The van der Waals surface area contributed by atoms with Gasteiger partial charge in [-0.25, -0.2) is 9.18 Å². The van der Waals surface area contributed by atoms with Gasteiger partial charge in [0.1, 0.15) is 11.9 Å². The summed E-state index contributed by atoms with van der Waals surface area (Å²) in [6, 6.07) is 10.6. The van der Waals surface area contributed by atoms with Gasteiger partial charge < -0.3 is 10.6 Å². The van der Waals surface area contributed by atoms with Crippen LogP contribution >= 0.6 is 0 Å². The SMILES string of the molecule is N#Cc1cc(F)ccc1NC(=O)NCCc1ccccn1. The van der Waals surface area contributed by atoms with Gasteiger partial charge in [0.2, 0.25) is 0 Å². The van der Waals surface area contributed by atoms with Gasteiger partial charge in [0.15, 0.2) is 0 Å². The molecule has 106 valence electrons. The Labute approximate surface area is 121 Å². The lowest BCUT2D eigenvalue weighted by Gasteiger charge is -2.08. The van der Waals surface area contributed by atoms with Crippen LogP contribution in [0.1, 0.15) is 11.3 Å². The second-order valence-corrected chi connectivity index (χ2v) is 4.25. The minimum absolute atomic E-state index is 0.0786. The molecule has 6 heteroatoms. The molecule has 2 amide bonds. The molecule has 21 heavy (non-hydrogen) atoms. The molecule has 0 spiro atoms. The molecule has 0 aliphatic heterocycles.